The Morgan fingerprint density at radius 1 is 1.50 bits per heavy atom. The fraction of sp³-hybridized carbons (Fsp3) is 0.600. The molecule has 2 N–H and O–H groups in total. The summed E-state index contributed by atoms with van der Waals surface area (Å²) in [7, 11) is 0. The highest BCUT2D eigenvalue weighted by Crippen LogP contribution is 2.12. The van der Waals surface area contributed by atoms with Crippen LogP contribution in [0, 0.1) is 5.92 Å². The summed E-state index contributed by atoms with van der Waals surface area (Å²) in [5, 5.41) is 17.9. The lowest BCUT2D eigenvalue weighted by atomic mass is 9.96. The van der Waals surface area contributed by atoms with Crippen LogP contribution in [-0.4, -0.2) is 28.6 Å². The number of aldehydes is 1. The molecule has 0 aromatic carbocycles. The molecule has 80 valence electrons. The molecule has 0 bridgehead atoms. The minimum Gasteiger partial charge on any atom is -0.481 e. The van der Waals surface area contributed by atoms with Crippen LogP contribution in [0.2, 0.25) is 0 Å². The van der Waals surface area contributed by atoms with Gasteiger partial charge in [0.15, 0.2) is 0 Å². The van der Waals surface area contributed by atoms with E-state index in [1.165, 1.54) is 0 Å². The third kappa shape index (κ3) is 5.48. The van der Waals surface area contributed by atoms with Crippen molar-refractivity contribution in [3.8, 4) is 0 Å². The maximum Gasteiger partial charge on any atom is 0.303 e. The Morgan fingerprint density at radius 3 is 2.57 bits per heavy atom. The van der Waals surface area contributed by atoms with Gasteiger partial charge in [0.1, 0.15) is 6.29 Å². The molecule has 0 aromatic rings. The van der Waals surface area contributed by atoms with Crippen LogP contribution in [0.15, 0.2) is 12.2 Å². The molecule has 4 heteroatoms. The van der Waals surface area contributed by atoms with Gasteiger partial charge in [-0.15, -0.1) is 0 Å². The van der Waals surface area contributed by atoms with Gasteiger partial charge in [0, 0.05) is 12.3 Å². The van der Waals surface area contributed by atoms with E-state index in [0.717, 1.165) is 0 Å². The molecule has 14 heavy (non-hydrogen) atoms. The number of hydrogen-bond acceptors (Lipinski definition) is 3. The zero-order valence-corrected chi connectivity index (χ0v) is 8.22. The smallest absolute Gasteiger partial charge is 0.303 e. The molecule has 2 unspecified atom stereocenters. The van der Waals surface area contributed by atoms with E-state index in [2.05, 4.69) is 0 Å². The van der Waals surface area contributed by atoms with E-state index in [9.17, 15) is 14.7 Å². The van der Waals surface area contributed by atoms with Gasteiger partial charge in [0.2, 0.25) is 0 Å². The molecular weight excluding hydrogens is 184 g/mol. The summed E-state index contributed by atoms with van der Waals surface area (Å²) in [6, 6.07) is 0. The van der Waals surface area contributed by atoms with E-state index in [4.69, 9.17) is 5.11 Å². The topological polar surface area (TPSA) is 74.6 Å². The van der Waals surface area contributed by atoms with Gasteiger partial charge < -0.3 is 15.0 Å². The Hall–Kier alpha value is -1.16. The molecule has 0 spiro atoms. The molecule has 4 nitrogen and oxygen atoms in total. The van der Waals surface area contributed by atoms with Crippen LogP contribution in [0.25, 0.3) is 0 Å². The second-order valence-electron chi connectivity index (χ2n) is 3.10. The van der Waals surface area contributed by atoms with E-state index in [1.54, 1.807) is 12.2 Å². The molecule has 0 aliphatic carbocycles. The molecule has 0 aliphatic heterocycles. The number of carboxylic acids is 1. The van der Waals surface area contributed by atoms with Gasteiger partial charge in [-0.1, -0.05) is 12.2 Å². The molecule has 0 aromatic heterocycles. The van der Waals surface area contributed by atoms with Crippen LogP contribution in [-0.2, 0) is 9.59 Å². The number of hydrogen-bond donors (Lipinski definition) is 2. The summed E-state index contributed by atoms with van der Waals surface area (Å²) in [5.41, 5.74) is 0. The molecule has 0 rings (SSSR count). The van der Waals surface area contributed by atoms with Crippen LogP contribution in [0.3, 0.4) is 0 Å². The van der Waals surface area contributed by atoms with Crippen LogP contribution in [0.4, 0.5) is 0 Å². The monoisotopic (exact) mass is 200 g/mol. The van der Waals surface area contributed by atoms with Crippen molar-refractivity contribution in [1.82, 2.24) is 0 Å². The predicted molar refractivity (Wildman–Crippen MR) is 51.9 cm³/mol. The van der Waals surface area contributed by atoms with Gasteiger partial charge in [-0.3, -0.25) is 4.79 Å². The lowest BCUT2D eigenvalue weighted by molar-refractivity contribution is -0.137. The fourth-order valence-electron chi connectivity index (χ4n) is 1.09. The van der Waals surface area contributed by atoms with Gasteiger partial charge >= 0.3 is 5.97 Å². The predicted octanol–water partition coefficient (Wildman–Crippen LogP) is 0.993. The first-order valence-electron chi connectivity index (χ1n) is 4.58. The zero-order valence-electron chi connectivity index (χ0n) is 8.22. The third-order valence-corrected chi connectivity index (χ3v) is 1.97. The van der Waals surface area contributed by atoms with Crippen LogP contribution >= 0.6 is 0 Å². The minimum absolute atomic E-state index is 0.0870. The van der Waals surface area contributed by atoms with E-state index < -0.39 is 18.0 Å². The average Bonchev–Trinajstić information content (AvgIpc) is 2.15. The molecule has 0 saturated carbocycles. The second-order valence-corrected chi connectivity index (χ2v) is 3.10. The third-order valence-electron chi connectivity index (χ3n) is 1.97. The number of allylic oxidation sites excluding steroid dienone is 1. The van der Waals surface area contributed by atoms with Crippen molar-refractivity contribution in [2.24, 2.45) is 5.92 Å². The highest BCUT2D eigenvalue weighted by Gasteiger charge is 2.18. The van der Waals surface area contributed by atoms with E-state index in [1.807, 2.05) is 6.92 Å². The Morgan fingerprint density at radius 2 is 2.14 bits per heavy atom. The number of carbonyl (C=O) groups excluding carboxylic acids is 1. The normalized spacial score (nSPS) is 15.3. The number of aliphatic hydroxyl groups is 1. The van der Waals surface area contributed by atoms with Crippen LogP contribution in [0.1, 0.15) is 26.2 Å². The van der Waals surface area contributed by atoms with Gasteiger partial charge in [0.05, 0.1) is 6.10 Å². The minimum atomic E-state index is -0.949. The summed E-state index contributed by atoms with van der Waals surface area (Å²) in [4.78, 5) is 20.8. The summed E-state index contributed by atoms with van der Waals surface area (Å²) in [6.07, 6.45) is 3.87. The van der Waals surface area contributed by atoms with Crippen molar-refractivity contribution in [2.45, 2.75) is 32.3 Å². The summed E-state index contributed by atoms with van der Waals surface area (Å²) in [6.45, 7) is 1.82. The molecule has 0 fully saturated rings. The first-order valence-corrected chi connectivity index (χ1v) is 4.58. The molecule has 0 saturated heterocycles. The first kappa shape index (κ1) is 12.8. The molecular formula is C10H16O4. The van der Waals surface area contributed by atoms with Crippen molar-refractivity contribution < 1.29 is 19.8 Å². The highest BCUT2D eigenvalue weighted by molar-refractivity contribution is 5.67. The van der Waals surface area contributed by atoms with E-state index >= 15 is 0 Å². The summed E-state index contributed by atoms with van der Waals surface area (Å²) >= 11 is 0. The Kier molecular flexibility index (Phi) is 6.66. The van der Waals surface area contributed by atoms with Gasteiger partial charge in [-0.05, 0) is 19.8 Å². The fourth-order valence-corrected chi connectivity index (χ4v) is 1.09. The first-order chi connectivity index (χ1) is 6.61. The quantitative estimate of drug-likeness (QED) is 0.474. The van der Waals surface area contributed by atoms with Crippen molar-refractivity contribution >= 4 is 12.3 Å². The Balaban J connectivity index is 3.98. The summed E-state index contributed by atoms with van der Waals surface area (Å²) < 4.78 is 0. The number of aliphatic carboxylic acids is 1. The molecule has 0 aliphatic rings. The van der Waals surface area contributed by atoms with Gasteiger partial charge in [0.25, 0.3) is 0 Å². The van der Waals surface area contributed by atoms with E-state index in [0.29, 0.717) is 12.7 Å². The number of carboxylic acid groups (broad SMARTS) is 1. The number of carbonyl (C=O) groups is 2. The molecule has 0 heterocycles. The number of rotatable bonds is 7. The second kappa shape index (κ2) is 7.26. The molecule has 0 amide bonds. The summed E-state index contributed by atoms with van der Waals surface area (Å²) in [5.74, 6) is -1.53. The molecule has 0 radical (unpaired) electrons. The maximum atomic E-state index is 10.5. The van der Waals surface area contributed by atoms with E-state index in [-0.39, 0.29) is 12.8 Å². The maximum absolute atomic E-state index is 10.5. The Bertz CT molecular complexity index is 210. The zero-order chi connectivity index (χ0) is 11.0. The van der Waals surface area contributed by atoms with Crippen molar-refractivity contribution in [2.75, 3.05) is 0 Å². The Labute approximate surface area is 83.2 Å². The lowest BCUT2D eigenvalue weighted by Crippen LogP contribution is -2.22. The molecule has 2 atom stereocenters. The highest BCUT2D eigenvalue weighted by atomic mass is 16.4. The SMILES string of the molecule is CC=CCC(O)C(C=O)CCC(=O)O. The van der Waals surface area contributed by atoms with Crippen LogP contribution < -0.4 is 0 Å². The van der Waals surface area contributed by atoms with Crippen LogP contribution in [0.5, 0.6) is 0 Å². The lowest BCUT2D eigenvalue weighted by Gasteiger charge is -2.14. The van der Waals surface area contributed by atoms with Crippen molar-refractivity contribution in [3.63, 3.8) is 0 Å². The standard InChI is InChI=1S/C10H16O4/c1-2-3-4-9(12)8(7-11)5-6-10(13)14/h2-3,7-9,12H,4-6H2,1H3,(H,13,14). The van der Waals surface area contributed by atoms with Gasteiger partial charge in [-0.25, -0.2) is 0 Å². The van der Waals surface area contributed by atoms with Gasteiger partial charge in [-0.2, -0.15) is 0 Å². The average molecular weight is 200 g/mol. The number of aliphatic hydroxyl groups excluding tert-OH is 1. The van der Waals surface area contributed by atoms with Crippen molar-refractivity contribution in [3.05, 3.63) is 12.2 Å². The van der Waals surface area contributed by atoms with Crippen molar-refractivity contribution in [1.29, 1.82) is 0 Å². The largest absolute Gasteiger partial charge is 0.481 e.